The Labute approximate surface area is 297 Å². The van der Waals surface area contributed by atoms with Gasteiger partial charge >= 0.3 is 12.2 Å². The van der Waals surface area contributed by atoms with Gasteiger partial charge in [-0.15, -0.1) is 0 Å². The molecule has 0 bridgehead atoms. The van der Waals surface area contributed by atoms with Crippen molar-refractivity contribution >= 4 is 24.0 Å². The Hall–Kier alpha value is -4.16. The van der Waals surface area contributed by atoms with Crippen LogP contribution in [0.15, 0.2) is 60.7 Å². The second kappa shape index (κ2) is 21.1. The van der Waals surface area contributed by atoms with Gasteiger partial charge in [-0.1, -0.05) is 116 Å². The zero-order valence-corrected chi connectivity index (χ0v) is 30.7. The molecular weight excluding hydrogens is 640 g/mol. The molecule has 50 heavy (non-hydrogen) atoms. The number of nitrogens with one attached hydrogen (secondary N) is 4. The van der Waals surface area contributed by atoms with E-state index < -0.39 is 60.4 Å². The average molecular weight is 699 g/mol. The molecule has 2 aromatic carbocycles. The van der Waals surface area contributed by atoms with E-state index in [-0.39, 0.29) is 36.9 Å². The third-order valence-corrected chi connectivity index (χ3v) is 8.15. The molecule has 2 aromatic rings. The van der Waals surface area contributed by atoms with Crippen LogP contribution in [0.5, 0.6) is 0 Å². The quantitative estimate of drug-likeness (QED) is 0.123. The fourth-order valence-electron chi connectivity index (χ4n) is 5.46. The van der Waals surface area contributed by atoms with E-state index in [1.54, 1.807) is 27.7 Å². The Bertz CT molecular complexity index is 1220. The van der Waals surface area contributed by atoms with E-state index in [1.165, 1.54) is 0 Å². The molecule has 0 fully saturated rings. The predicted octanol–water partition coefficient (Wildman–Crippen LogP) is 4.67. The minimum atomic E-state index is -1.48. The molecule has 12 nitrogen and oxygen atoms in total. The van der Waals surface area contributed by atoms with Crippen molar-refractivity contribution in [1.82, 2.24) is 21.3 Å². The first-order valence-electron chi connectivity index (χ1n) is 17.5. The summed E-state index contributed by atoms with van der Waals surface area (Å²) in [5.41, 5.74) is 1.59. The zero-order valence-electron chi connectivity index (χ0n) is 30.7. The van der Waals surface area contributed by atoms with Crippen LogP contribution in [0.4, 0.5) is 9.59 Å². The fraction of sp³-hybridized carbons (Fsp3) is 0.579. The van der Waals surface area contributed by atoms with Crippen molar-refractivity contribution < 1.29 is 38.9 Å². The van der Waals surface area contributed by atoms with Gasteiger partial charge in [-0.05, 0) is 47.6 Å². The molecule has 0 aliphatic carbocycles. The molecule has 4 amide bonds. The van der Waals surface area contributed by atoms with Crippen LogP contribution in [-0.4, -0.2) is 70.6 Å². The highest BCUT2D eigenvalue weighted by molar-refractivity contribution is 5.87. The molecule has 0 unspecified atom stereocenters. The van der Waals surface area contributed by atoms with Crippen molar-refractivity contribution in [3.05, 3.63) is 71.8 Å². The lowest BCUT2D eigenvalue weighted by molar-refractivity contribution is -0.129. The summed E-state index contributed by atoms with van der Waals surface area (Å²) >= 11 is 0. The minimum Gasteiger partial charge on any atom is -0.445 e. The van der Waals surface area contributed by atoms with E-state index in [4.69, 9.17) is 9.47 Å². The van der Waals surface area contributed by atoms with Gasteiger partial charge in [0.05, 0.1) is 12.1 Å². The van der Waals surface area contributed by atoms with Crippen LogP contribution in [0.1, 0.15) is 79.4 Å². The van der Waals surface area contributed by atoms with E-state index >= 15 is 0 Å². The van der Waals surface area contributed by atoms with Crippen molar-refractivity contribution in [3.8, 4) is 0 Å². The van der Waals surface area contributed by atoms with Crippen molar-refractivity contribution in [2.45, 2.75) is 118 Å². The Morgan fingerprint density at radius 1 is 0.540 bits per heavy atom. The highest BCUT2D eigenvalue weighted by atomic mass is 16.6. The molecular formula is C38H58N4O8. The van der Waals surface area contributed by atoms with E-state index in [1.807, 2.05) is 88.4 Å². The number of benzene rings is 2. The Kier molecular flexibility index (Phi) is 17.8. The summed E-state index contributed by atoms with van der Waals surface area (Å²) in [6, 6.07) is 14.5. The van der Waals surface area contributed by atoms with Crippen LogP contribution < -0.4 is 21.3 Å². The Balaban J connectivity index is 2.15. The lowest BCUT2D eigenvalue weighted by atomic mass is 9.88. The van der Waals surface area contributed by atoms with Gasteiger partial charge in [0.2, 0.25) is 11.8 Å². The van der Waals surface area contributed by atoms with Gasteiger partial charge in [-0.25, -0.2) is 9.59 Å². The summed E-state index contributed by atoms with van der Waals surface area (Å²) in [5, 5.41) is 34.0. The molecule has 0 aliphatic rings. The Morgan fingerprint density at radius 2 is 0.860 bits per heavy atom. The molecule has 0 heterocycles. The SMILES string of the molecule is CC(C)C[C@H](NC(=O)[C@@H](NC(=O)OCc1ccccc1)C(C)C)[C@@H](O)[C@H](O)[C@H](CC(C)C)NC(=O)[C@@H](NC(=O)OCc1ccccc1)C(C)C. The standard InChI is InChI=1S/C38H58N4O8/c1-23(2)19-29(39-35(45)31(25(5)6)41-37(47)49-21-27-15-11-9-12-16-27)33(43)34(44)30(20-24(3)4)40-36(46)32(26(7)8)42-38(48)50-22-28-17-13-10-14-18-28/h9-18,23-26,29-34,43-44H,19-22H2,1-8H3,(H,39,45)(H,40,46)(H,41,47)(H,42,48)/t29-,30-,31-,32-,33+,34+/m0/s1. The van der Waals surface area contributed by atoms with Crippen LogP contribution in [0.2, 0.25) is 0 Å². The molecule has 0 spiro atoms. The lowest BCUT2D eigenvalue weighted by Crippen LogP contribution is -2.61. The number of hydrogen-bond acceptors (Lipinski definition) is 8. The average Bonchev–Trinajstić information content (AvgIpc) is 3.06. The van der Waals surface area contributed by atoms with Crippen LogP contribution in [-0.2, 0) is 32.3 Å². The molecule has 278 valence electrons. The van der Waals surface area contributed by atoms with Gasteiger partial charge in [-0.3, -0.25) is 9.59 Å². The number of carbonyl (C=O) groups is 4. The monoisotopic (exact) mass is 698 g/mol. The van der Waals surface area contributed by atoms with Crippen LogP contribution >= 0.6 is 0 Å². The number of amides is 4. The molecule has 2 rings (SSSR count). The highest BCUT2D eigenvalue weighted by Crippen LogP contribution is 2.19. The summed E-state index contributed by atoms with van der Waals surface area (Å²) in [6.07, 6.45) is -3.88. The van der Waals surface area contributed by atoms with Crippen molar-refractivity contribution in [3.63, 3.8) is 0 Å². The number of carbonyl (C=O) groups excluding carboxylic acids is 4. The molecule has 6 atom stereocenters. The maximum atomic E-state index is 13.6. The van der Waals surface area contributed by atoms with Crippen molar-refractivity contribution in [2.24, 2.45) is 23.7 Å². The third kappa shape index (κ3) is 14.8. The number of rotatable bonds is 19. The molecule has 0 aliphatic heterocycles. The van der Waals surface area contributed by atoms with E-state index in [9.17, 15) is 29.4 Å². The normalized spacial score (nSPS) is 15.1. The van der Waals surface area contributed by atoms with E-state index in [0.717, 1.165) is 11.1 Å². The van der Waals surface area contributed by atoms with Crippen LogP contribution in [0.3, 0.4) is 0 Å². The molecule has 0 saturated heterocycles. The summed E-state index contributed by atoms with van der Waals surface area (Å²) in [5.74, 6) is -1.72. The second-order valence-electron chi connectivity index (χ2n) is 14.3. The smallest absolute Gasteiger partial charge is 0.408 e. The third-order valence-electron chi connectivity index (χ3n) is 8.15. The topological polar surface area (TPSA) is 175 Å². The van der Waals surface area contributed by atoms with Crippen LogP contribution in [0.25, 0.3) is 0 Å². The number of alkyl carbamates (subject to hydrolysis) is 2. The van der Waals surface area contributed by atoms with Gasteiger partial charge in [0, 0.05) is 0 Å². The van der Waals surface area contributed by atoms with Gasteiger partial charge < -0.3 is 41.0 Å². The number of aliphatic hydroxyl groups excluding tert-OH is 2. The highest BCUT2D eigenvalue weighted by Gasteiger charge is 2.38. The molecule has 0 aromatic heterocycles. The van der Waals surface area contributed by atoms with Crippen molar-refractivity contribution in [1.29, 1.82) is 0 Å². The van der Waals surface area contributed by atoms with Gasteiger partial charge in [-0.2, -0.15) is 0 Å². The molecule has 0 saturated carbocycles. The maximum absolute atomic E-state index is 13.6. The van der Waals surface area contributed by atoms with Gasteiger partial charge in [0.1, 0.15) is 37.5 Å². The fourth-order valence-corrected chi connectivity index (χ4v) is 5.46. The maximum Gasteiger partial charge on any atom is 0.408 e. The van der Waals surface area contributed by atoms with E-state index in [0.29, 0.717) is 12.8 Å². The lowest BCUT2D eigenvalue weighted by Gasteiger charge is -2.36. The first kappa shape index (κ1) is 42.0. The number of hydrogen-bond donors (Lipinski definition) is 6. The first-order chi connectivity index (χ1) is 23.6. The summed E-state index contributed by atoms with van der Waals surface area (Å²) < 4.78 is 10.6. The first-order valence-corrected chi connectivity index (χ1v) is 17.5. The summed E-state index contributed by atoms with van der Waals surface area (Å²) in [6.45, 7) is 14.8. The predicted molar refractivity (Wildman–Crippen MR) is 192 cm³/mol. The summed E-state index contributed by atoms with van der Waals surface area (Å²) in [7, 11) is 0. The molecule has 0 radical (unpaired) electrons. The van der Waals surface area contributed by atoms with E-state index in [2.05, 4.69) is 21.3 Å². The van der Waals surface area contributed by atoms with Crippen molar-refractivity contribution in [2.75, 3.05) is 0 Å². The second-order valence-corrected chi connectivity index (χ2v) is 14.3. The molecule has 6 N–H and O–H groups in total. The largest absolute Gasteiger partial charge is 0.445 e. The molecule has 12 heteroatoms. The van der Waals surface area contributed by atoms with Gasteiger partial charge in [0.15, 0.2) is 0 Å². The van der Waals surface area contributed by atoms with Crippen LogP contribution in [0, 0.1) is 23.7 Å². The number of aliphatic hydroxyl groups is 2. The van der Waals surface area contributed by atoms with Gasteiger partial charge in [0.25, 0.3) is 0 Å². The zero-order chi connectivity index (χ0) is 37.4. The Morgan fingerprint density at radius 3 is 1.14 bits per heavy atom. The minimum absolute atomic E-state index is 0.0120. The number of ether oxygens (including phenoxy) is 2. The summed E-state index contributed by atoms with van der Waals surface area (Å²) in [4.78, 5) is 52.4.